The Morgan fingerprint density at radius 2 is 1.69 bits per heavy atom. The van der Waals surface area contributed by atoms with Crippen molar-refractivity contribution in [1.29, 1.82) is 0 Å². The topological polar surface area (TPSA) is 26.0 Å². The van der Waals surface area contributed by atoms with Gasteiger partial charge in [-0.3, -0.25) is 0 Å². The van der Waals surface area contributed by atoms with E-state index in [2.05, 4.69) is 30.3 Å². The molecule has 0 aromatic heterocycles. The molecule has 1 nitrogen and oxygen atoms in total. The molecule has 0 bridgehead atoms. The molecular formula is C15H21N. The van der Waals surface area contributed by atoms with Crippen LogP contribution in [0.15, 0.2) is 30.3 Å². The average molecular weight is 215 g/mol. The predicted molar refractivity (Wildman–Crippen MR) is 67.3 cm³/mol. The van der Waals surface area contributed by atoms with Crippen LogP contribution in [0, 0.1) is 5.41 Å². The van der Waals surface area contributed by atoms with Gasteiger partial charge in [-0.2, -0.15) is 0 Å². The van der Waals surface area contributed by atoms with Crippen molar-refractivity contribution in [3.05, 3.63) is 35.9 Å². The van der Waals surface area contributed by atoms with E-state index in [0.717, 1.165) is 6.54 Å². The Balaban J connectivity index is 1.93. The first-order chi connectivity index (χ1) is 7.83. The van der Waals surface area contributed by atoms with Gasteiger partial charge in [0, 0.05) is 5.41 Å². The Kier molecular flexibility index (Phi) is 2.32. The van der Waals surface area contributed by atoms with Crippen molar-refractivity contribution < 1.29 is 0 Å². The minimum Gasteiger partial charge on any atom is -0.330 e. The Labute approximate surface area is 98.0 Å². The lowest BCUT2D eigenvalue weighted by atomic mass is 9.55. The van der Waals surface area contributed by atoms with E-state index in [-0.39, 0.29) is 0 Å². The number of hydrogen-bond donors (Lipinski definition) is 1. The van der Waals surface area contributed by atoms with Crippen LogP contribution >= 0.6 is 0 Å². The summed E-state index contributed by atoms with van der Waals surface area (Å²) in [5, 5.41) is 0. The fraction of sp³-hybridized carbons (Fsp3) is 0.600. The fourth-order valence-corrected chi connectivity index (χ4v) is 3.86. The number of nitrogens with two attached hydrogens (primary N) is 1. The van der Waals surface area contributed by atoms with Gasteiger partial charge < -0.3 is 5.73 Å². The van der Waals surface area contributed by atoms with Crippen molar-refractivity contribution in [2.24, 2.45) is 11.1 Å². The van der Waals surface area contributed by atoms with Crippen LogP contribution in [0.5, 0.6) is 0 Å². The van der Waals surface area contributed by atoms with Gasteiger partial charge in [-0.1, -0.05) is 36.8 Å². The van der Waals surface area contributed by atoms with Crippen molar-refractivity contribution in [2.75, 3.05) is 6.54 Å². The molecule has 2 fully saturated rings. The van der Waals surface area contributed by atoms with Crippen molar-refractivity contribution in [1.82, 2.24) is 0 Å². The predicted octanol–water partition coefficient (Wildman–Crippen LogP) is 3.24. The molecule has 2 aliphatic carbocycles. The zero-order chi connectivity index (χ0) is 11.1. The van der Waals surface area contributed by atoms with Crippen molar-refractivity contribution >= 4 is 0 Å². The summed E-state index contributed by atoms with van der Waals surface area (Å²) in [6.07, 6.45) is 8.21. The Bertz CT molecular complexity index is 360. The van der Waals surface area contributed by atoms with Gasteiger partial charge >= 0.3 is 0 Å². The highest BCUT2D eigenvalue weighted by Gasteiger charge is 2.61. The Morgan fingerprint density at radius 3 is 2.12 bits per heavy atom. The number of rotatable bonds is 4. The maximum absolute atomic E-state index is 5.83. The summed E-state index contributed by atoms with van der Waals surface area (Å²) >= 11 is 0. The van der Waals surface area contributed by atoms with Crippen LogP contribution in [-0.4, -0.2) is 6.54 Å². The SMILES string of the molecule is NCCC1(C2(c3ccccc3)CC2)CCC1. The standard InChI is InChI=1S/C15H21N/c16-12-11-14(7-4-8-14)15(9-10-15)13-5-2-1-3-6-13/h1-3,5-6H,4,7-12,16H2. The minimum absolute atomic E-state index is 0.506. The average Bonchev–Trinajstić information content (AvgIpc) is 3.06. The van der Waals surface area contributed by atoms with Crippen LogP contribution in [0.4, 0.5) is 0 Å². The van der Waals surface area contributed by atoms with Crippen LogP contribution < -0.4 is 5.73 Å². The lowest BCUT2D eigenvalue weighted by Crippen LogP contribution is -2.43. The van der Waals surface area contributed by atoms with Crippen LogP contribution in [0.1, 0.15) is 44.1 Å². The maximum Gasteiger partial charge on any atom is 0.00105 e. The highest BCUT2D eigenvalue weighted by Crippen LogP contribution is 2.68. The number of benzene rings is 1. The molecule has 2 N–H and O–H groups in total. The van der Waals surface area contributed by atoms with Crippen LogP contribution in [0.3, 0.4) is 0 Å². The third-order valence-electron chi connectivity index (χ3n) is 5.03. The Morgan fingerprint density at radius 1 is 1.00 bits per heavy atom. The third kappa shape index (κ3) is 1.27. The molecule has 0 amide bonds. The van der Waals surface area contributed by atoms with Gasteiger partial charge in [0.1, 0.15) is 0 Å². The lowest BCUT2D eigenvalue weighted by Gasteiger charge is -2.49. The molecule has 16 heavy (non-hydrogen) atoms. The van der Waals surface area contributed by atoms with E-state index in [1.807, 2.05) is 0 Å². The van der Waals surface area contributed by atoms with Crippen molar-refractivity contribution in [3.63, 3.8) is 0 Å². The molecule has 0 radical (unpaired) electrons. The molecule has 3 rings (SSSR count). The van der Waals surface area contributed by atoms with E-state index in [0.29, 0.717) is 10.8 Å². The molecule has 0 spiro atoms. The van der Waals surface area contributed by atoms with Gasteiger partial charge in [0.2, 0.25) is 0 Å². The van der Waals surface area contributed by atoms with E-state index in [1.54, 1.807) is 5.56 Å². The normalized spacial score (nSPS) is 24.8. The fourth-order valence-electron chi connectivity index (χ4n) is 3.86. The molecule has 2 aliphatic rings. The molecule has 0 aliphatic heterocycles. The van der Waals surface area contributed by atoms with Gasteiger partial charge in [0.15, 0.2) is 0 Å². The largest absolute Gasteiger partial charge is 0.330 e. The Hall–Kier alpha value is -0.820. The zero-order valence-electron chi connectivity index (χ0n) is 9.91. The van der Waals surface area contributed by atoms with Gasteiger partial charge in [0.25, 0.3) is 0 Å². The van der Waals surface area contributed by atoms with E-state index >= 15 is 0 Å². The van der Waals surface area contributed by atoms with Crippen LogP contribution in [0.25, 0.3) is 0 Å². The van der Waals surface area contributed by atoms with Gasteiger partial charge in [-0.15, -0.1) is 0 Å². The zero-order valence-corrected chi connectivity index (χ0v) is 9.91. The molecule has 1 heteroatoms. The first kappa shape index (κ1) is 10.3. The summed E-state index contributed by atoms with van der Waals surface area (Å²) in [6.45, 7) is 0.856. The van der Waals surface area contributed by atoms with Crippen LogP contribution in [-0.2, 0) is 5.41 Å². The van der Waals surface area contributed by atoms with E-state index in [9.17, 15) is 0 Å². The van der Waals surface area contributed by atoms with Gasteiger partial charge in [-0.25, -0.2) is 0 Å². The smallest absolute Gasteiger partial charge is 0.00105 e. The highest BCUT2D eigenvalue weighted by molar-refractivity contribution is 5.36. The van der Waals surface area contributed by atoms with Crippen LogP contribution in [0.2, 0.25) is 0 Å². The van der Waals surface area contributed by atoms with E-state index in [1.165, 1.54) is 38.5 Å². The minimum atomic E-state index is 0.506. The molecule has 0 atom stereocenters. The quantitative estimate of drug-likeness (QED) is 0.820. The molecular weight excluding hydrogens is 194 g/mol. The molecule has 0 saturated heterocycles. The summed E-state index contributed by atoms with van der Waals surface area (Å²) in [7, 11) is 0. The highest BCUT2D eigenvalue weighted by atomic mass is 14.7. The molecule has 2 saturated carbocycles. The molecule has 86 valence electrons. The molecule has 0 unspecified atom stereocenters. The molecule has 1 aromatic carbocycles. The van der Waals surface area contributed by atoms with E-state index < -0.39 is 0 Å². The maximum atomic E-state index is 5.83. The second-order valence-corrected chi connectivity index (χ2v) is 5.62. The molecule has 0 heterocycles. The monoisotopic (exact) mass is 215 g/mol. The second kappa shape index (κ2) is 3.59. The second-order valence-electron chi connectivity index (χ2n) is 5.62. The molecule has 1 aromatic rings. The van der Waals surface area contributed by atoms with Gasteiger partial charge in [0.05, 0.1) is 0 Å². The summed E-state index contributed by atoms with van der Waals surface area (Å²) in [5.74, 6) is 0. The van der Waals surface area contributed by atoms with Crippen molar-refractivity contribution in [3.8, 4) is 0 Å². The first-order valence-electron chi connectivity index (χ1n) is 6.59. The van der Waals surface area contributed by atoms with E-state index in [4.69, 9.17) is 5.73 Å². The summed E-state index contributed by atoms with van der Waals surface area (Å²) in [4.78, 5) is 0. The number of hydrogen-bond acceptors (Lipinski definition) is 1. The summed E-state index contributed by atoms with van der Waals surface area (Å²) in [5.41, 5.74) is 8.46. The van der Waals surface area contributed by atoms with Gasteiger partial charge in [-0.05, 0) is 49.6 Å². The summed E-state index contributed by atoms with van der Waals surface area (Å²) in [6, 6.07) is 11.1. The lowest BCUT2D eigenvalue weighted by molar-refractivity contribution is 0.0675. The summed E-state index contributed by atoms with van der Waals surface area (Å²) < 4.78 is 0. The third-order valence-corrected chi connectivity index (χ3v) is 5.03. The van der Waals surface area contributed by atoms with Crippen molar-refractivity contribution in [2.45, 2.75) is 43.9 Å². The first-order valence-corrected chi connectivity index (χ1v) is 6.59.